The molecule has 4 rings (SSSR count). The first-order valence-corrected chi connectivity index (χ1v) is 13.7. The van der Waals surface area contributed by atoms with Gasteiger partial charge in [0.05, 0.1) is 0 Å². The standard InChI is InChI=1S/C29H49FO2/c1-18(8-13-25(31)32-27(3,4)5)21-11-12-22-20-9-10-24-26(30)19(2)14-16-29(24,7)23(20)15-17-28(21,22)6/h18-24,26H,8-17H2,1-7H3/t18-,19?,20+,21?,22+,23+,24-,26+,28-,29-/m1/s1. The Bertz CT molecular complexity index is 698. The summed E-state index contributed by atoms with van der Waals surface area (Å²) in [5, 5.41) is 0. The molecule has 2 unspecified atom stereocenters. The lowest BCUT2D eigenvalue weighted by atomic mass is 9.43. The molecule has 0 radical (unpaired) electrons. The lowest BCUT2D eigenvalue weighted by molar-refractivity contribution is -0.155. The summed E-state index contributed by atoms with van der Waals surface area (Å²) in [4.78, 5) is 12.3. The highest BCUT2D eigenvalue weighted by Gasteiger charge is 2.61. The lowest BCUT2D eigenvalue weighted by Crippen LogP contribution is -2.56. The van der Waals surface area contributed by atoms with Crippen LogP contribution in [0.25, 0.3) is 0 Å². The molecule has 0 amide bonds. The molecule has 10 atom stereocenters. The van der Waals surface area contributed by atoms with E-state index in [9.17, 15) is 4.79 Å². The summed E-state index contributed by atoms with van der Waals surface area (Å²) in [5.41, 5.74) is 0.221. The van der Waals surface area contributed by atoms with Crippen LogP contribution >= 0.6 is 0 Å². The van der Waals surface area contributed by atoms with E-state index < -0.39 is 11.8 Å². The van der Waals surface area contributed by atoms with Crippen LogP contribution in [0, 0.1) is 52.3 Å². The molecule has 4 aliphatic carbocycles. The number of rotatable bonds is 4. The van der Waals surface area contributed by atoms with Gasteiger partial charge in [0.1, 0.15) is 11.8 Å². The van der Waals surface area contributed by atoms with Crippen molar-refractivity contribution >= 4 is 5.97 Å². The first-order valence-electron chi connectivity index (χ1n) is 13.7. The highest BCUT2D eigenvalue weighted by atomic mass is 19.1. The van der Waals surface area contributed by atoms with E-state index in [1.165, 1.54) is 38.5 Å². The molecule has 0 N–H and O–H groups in total. The van der Waals surface area contributed by atoms with Gasteiger partial charge in [-0.15, -0.1) is 0 Å². The summed E-state index contributed by atoms with van der Waals surface area (Å²) in [6.07, 6.45) is 10.8. The Hall–Kier alpha value is -0.600. The zero-order chi connectivity index (χ0) is 23.5. The van der Waals surface area contributed by atoms with Crippen molar-refractivity contribution in [3.63, 3.8) is 0 Å². The van der Waals surface area contributed by atoms with E-state index in [-0.39, 0.29) is 17.3 Å². The van der Waals surface area contributed by atoms with Crippen LogP contribution in [-0.4, -0.2) is 17.7 Å². The molecule has 0 heterocycles. The summed E-state index contributed by atoms with van der Waals surface area (Å²) >= 11 is 0. The Morgan fingerprint density at radius 2 is 1.59 bits per heavy atom. The number of carbonyl (C=O) groups excluding carboxylic acids is 1. The van der Waals surface area contributed by atoms with E-state index in [4.69, 9.17) is 4.74 Å². The molecule has 184 valence electrons. The highest BCUT2D eigenvalue weighted by Crippen LogP contribution is 2.68. The molecule has 3 heteroatoms. The van der Waals surface area contributed by atoms with E-state index in [0.717, 1.165) is 37.0 Å². The Morgan fingerprint density at radius 1 is 0.969 bits per heavy atom. The van der Waals surface area contributed by atoms with Crippen LogP contribution in [0.3, 0.4) is 0 Å². The number of hydrogen-bond donors (Lipinski definition) is 0. The van der Waals surface area contributed by atoms with Gasteiger partial charge in [0, 0.05) is 6.42 Å². The minimum absolute atomic E-state index is 0.0497. The lowest BCUT2D eigenvalue weighted by Gasteiger charge is -2.62. The molecule has 0 aromatic rings. The first-order chi connectivity index (χ1) is 14.9. The molecule has 0 aliphatic heterocycles. The maximum atomic E-state index is 15.2. The van der Waals surface area contributed by atoms with Crippen LogP contribution in [-0.2, 0) is 9.53 Å². The average molecular weight is 449 g/mol. The van der Waals surface area contributed by atoms with Gasteiger partial charge in [0.15, 0.2) is 0 Å². The molecule has 0 saturated heterocycles. The first kappa shape index (κ1) is 24.5. The average Bonchev–Trinajstić information content (AvgIpc) is 3.05. The van der Waals surface area contributed by atoms with Crippen LogP contribution in [0.2, 0.25) is 0 Å². The van der Waals surface area contributed by atoms with Crippen molar-refractivity contribution < 1.29 is 13.9 Å². The fraction of sp³-hybridized carbons (Fsp3) is 0.966. The number of carbonyl (C=O) groups is 1. The van der Waals surface area contributed by atoms with Gasteiger partial charge in [0.2, 0.25) is 0 Å². The largest absolute Gasteiger partial charge is 0.460 e. The quantitative estimate of drug-likeness (QED) is 0.407. The number of halogens is 1. The summed E-state index contributed by atoms with van der Waals surface area (Å²) in [5.74, 6) is 4.08. The Labute approximate surface area is 196 Å². The zero-order valence-corrected chi connectivity index (χ0v) is 21.9. The fourth-order valence-corrected chi connectivity index (χ4v) is 9.39. The van der Waals surface area contributed by atoms with Crippen molar-refractivity contribution in [1.82, 2.24) is 0 Å². The Balaban J connectivity index is 1.43. The Kier molecular flexibility index (Phi) is 6.56. The van der Waals surface area contributed by atoms with Gasteiger partial charge < -0.3 is 4.74 Å². The molecular weight excluding hydrogens is 399 g/mol. The van der Waals surface area contributed by atoms with Crippen LogP contribution < -0.4 is 0 Å². The summed E-state index contributed by atoms with van der Waals surface area (Å²) in [7, 11) is 0. The van der Waals surface area contributed by atoms with Crippen molar-refractivity contribution in [2.24, 2.45) is 52.3 Å². The van der Waals surface area contributed by atoms with Crippen LogP contribution in [0.1, 0.15) is 113 Å². The minimum Gasteiger partial charge on any atom is -0.460 e. The van der Waals surface area contributed by atoms with Crippen molar-refractivity contribution in [3.8, 4) is 0 Å². The third kappa shape index (κ3) is 4.17. The van der Waals surface area contributed by atoms with E-state index >= 15 is 4.39 Å². The van der Waals surface area contributed by atoms with Gasteiger partial charge in [-0.1, -0.05) is 27.7 Å². The fourth-order valence-electron chi connectivity index (χ4n) is 9.39. The van der Waals surface area contributed by atoms with E-state index in [1.54, 1.807) is 0 Å². The van der Waals surface area contributed by atoms with Gasteiger partial charge >= 0.3 is 5.97 Å². The van der Waals surface area contributed by atoms with Crippen LogP contribution in [0.5, 0.6) is 0 Å². The van der Waals surface area contributed by atoms with Crippen LogP contribution in [0.15, 0.2) is 0 Å². The van der Waals surface area contributed by atoms with Gasteiger partial charge in [-0.25, -0.2) is 4.39 Å². The number of ether oxygens (including phenoxy) is 1. The normalized spacial score (nSPS) is 47.2. The maximum absolute atomic E-state index is 15.2. The van der Waals surface area contributed by atoms with Gasteiger partial charge in [-0.05, 0) is 131 Å². The van der Waals surface area contributed by atoms with E-state index in [2.05, 4.69) is 27.7 Å². The molecule has 4 saturated carbocycles. The zero-order valence-electron chi connectivity index (χ0n) is 21.9. The molecule has 2 nitrogen and oxygen atoms in total. The molecule has 4 fully saturated rings. The second-order valence-electron chi connectivity index (χ2n) is 13.9. The van der Waals surface area contributed by atoms with E-state index in [0.29, 0.717) is 29.6 Å². The Morgan fingerprint density at radius 3 is 2.28 bits per heavy atom. The predicted octanol–water partition coefficient (Wildman–Crippen LogP) is 7.99. The second-order valence-corrected chi connectivity index (χ2v) is 13.9. The molecule has 0 aromatic heterocycles. The van der Waals surface area contributed by atoms with Crippen molar-refractivity contribution in [3.05, 3.63) is 0 Å². The van der Waals surface area contributed by atoms with Gasteiger partial charge in [-0.2, -0.15) is 0 Å². The minimum atomic E-state index is -0.591. The smallest absolute Gasteiger partial charge is 0.306 e. The highest BCUT2D eigenvalue weighted by molar-refractivity contribution is 5.69. The maximum Gasteiger partial charge on any atom is 0.306 e. The predicted molar refractivity (Wildman–Crippen MR) is 129 cm³/mol. The summed E-state index contributed by atoms with van der Waals surface area (Å²) in [6.45, 7) is 15.4. The van der Waals surface area contributed by atoms with Crippen molar-refractivity contribution in [2.75, 3.05) is 0 Å². The van der Waals surface area contributed by atoms with Crippen molar-refractivity contribution in [2.45, 2.75) is 124 Å². The molecule has 0 bridgehead atoms. The number of hydrogen-bond acceptors (Lipinski definition) is 2. The molecule has 0 spiro atoms. The number of alkyl halides is 1. The molecule has 32 heavy (non-hydrogen) atoms. The third-order valence-corrected chi connectivity index (χ3v) is 11.0. The van der Waals surface area contributed by atoms with Gasteiger partial charge in [0.25, 0.3) is 0 Å². The molecule has 4 aliphatic rings. The van der Waals surface area contributed by atoms with Gasteiger partial charge in [-0.3, -0.25) is 4.79 Å². The van der Waals surface area contributed by atoms with E-state index in [1.807, 2.05) is 20.8 Å². The summed E-state index contributed by atoms with van der Waals surface area (Å²) in [6, 6.07) is 0. The van der Waals surface area contributed by atoms with Crippen molar-refractivity contribution in [1.29, 1.82) is 0 Å². The topological polar surface area (TPSA) is 26.3 Å². The number of fused-ring (bicyclic) bond motifs is 5. The molecule has 0 aromatic carbocycles. The molecular formula is C29H49FO2. The summed E-state index contributed by atoms with van der Waals surface area (Å²) < 4.78 is 20.8. The second kappa shape index (κ2) is 8.56. The van der Waals surface area contributed by atoms with Crippen LogP contribution in [0.4, 0.5) is 4.39 Å². The SMILES string of the molecule is CC1CC[C@@]2(C)[C@H](CC[C@@H]3[C@@H]2CC[C@]2(C)C([C@H](C)CCC(=O)OC(C)(C)C)CC[C@@H]32)[C@H]1F. The third-order valence-electron chi connectivity index (χ3n) is 11.0. The monoisotopic (exact) mass is 448 g/mol. The number of esters is 1.